The topological polar surface area (TPSA) is 87.3 Å². The molecule has 0 aliphatic heterocycles. The van der Waals surface area contributed by atoms with Gasteiger partial charge in [0.25, 0.3) is 5.91 Å². The number of amides is 3. The lowest BCUT2D eigenvalue weighted by atomic mass is 9.49. The van der Waals surface area contributed by atoms with Crippen LogP contribution in [-0.2, 0) is 9.59 Å². The Morgan fingerprint density at radius 2 is 1.45 bits per heavy atom. The van der Waals surface area contributed by atoms with Crippen LogP contribution >= 0.6 is 0 Å². The Labute approximate surface area is 171 Å². The Balaban J connectivity index is 1.12. The Kier molecular flexibility index (Phi) is 4.60. The molecule has 0 aromatic heterocycles. The molecule has 3 N–H and O–H groups in total. The van der Waals surface area contributed by atoms with E-state index in [1.165, 1.54) is 38.5 Å². The number of hydrogen-bond acceptors (Lipinski definition) is 3. The highest BCUT2D eigenvalue weighted by Gasteiger charge is 2.51. The fraction of sp³-hybridized carbons (Fsp3) is 0.609. The number of hydrazine groups is 1. The van der Waals surface area contributed by atoms with E-state index in [0.717, 1.165) is 30.6 Å². The second-order valence-corrected chi connectivity index (χ2v) is 9.94. The molecule has 5 aliphatic rings. The third-order valence-electron chi connectivity index (χ3n) is 7.38. The van der Waals surface area contributed by atoms with E-state index in [1.807, 2.05) is 0 Å². The zero-order valence-corrected chi connectivity index (χ0v) is 16.7. The van der Waals surface area contributed by atoms with Crippen LogP contribution in [0.25, 0.3) is 0 Å². The minimum atomic E-state index is -0.344. The van der Waals surface area contributed by atoms with E-state index in [1.54, 1.807) is 24.3 Å². The lowest BCUT2D eigenvalue weighted by Gasteiger charge is -2.56. The molecule has 1 aromatic rings. The van der Waals surface area contributed by atoms with Crippen molar-refractivity contribution in [3.8, 4) is 0 Å². The maximum Gasteiger partial charge on any atom is 0.269 e. The molecule has 5 fully saturated rings. The van der Waals surface area contributed by atoms with Gasteiger partial charge in [-0.2, -0.15) is 0 Å². The first-order valence-electron chi connectivity index (χ1n) is 11.0. The van der Waals surface area contributed by atoms with Crippen LogP contribution in [0.3, 0.4) is 0 Å². The lowest BCUT2D eigenvalue weighted by molar-refractivity contribution is -0.130. The molecule has 3 amide bonds. The van der Waals surface area contributed by atoms with E-state index in [0.29, 0.717) is 17.7 Å². The molecule has 0 spiro atoms. The smallest absolute Gasteiger partial charge is 0.269 e. The van der Waals surface area contributed by atoms with Crippen molar-refractivity contribution in [2.75, 3.05) is 5.32 Å². The molecule has 4 bridgehead atoms. The van der Waals surface area contributed by atoms with Gasteiger partial charge in [-0.3, -0.25) is 25.2 Å². The first kappa shape index (κ1) is 18.6. The summed E-state index contributed by atoms with van der Waals surface area (Å²) in [6.07, 6.45) is 10.0. The molecular weight excluding hydrogens is 366 g/mol. The third kappa shape index (κ3) is 4.02. The van der Waals surface area contributed by atoms with E-state index in [2.05, 4.69) is 16.2 Å². The van der Waals surface area contributed by atoms with Crippen LogP contribution < -0.4 is 16.2 Å². The van der Waals surface area contributed by atoms with Gasteiger partial charge in [0.15, 0.2) is 0 Å². The Morgan fingerprint density at radius 1 is 0.862 bits per heavy atom. The fourth-order valence-corrected chi connectivity index (χ4v) is 6.38. The standard InChI is InChI=1S/C23H29N3O3/c27-20(13-23-10-14-7-15(11-23)9-16(8-14)12-23)25-26-22(29)18-3-5-19(6-4-18)24-21(28)17-1-2-17/h3-6,14-17H,1-2,7-13H2,(H,24,28)(H,25,27)(H,26,29). The molecule has 6 heteroatoms. The van der Waals surface area contributed by atoms with E-state index in [9.17, 15) is 14.4 Å². The van der Waals surface area contributed by atoms with Crippen molar-refractivity contribution in [1.82, 2.24) is 10.9 Å². The van der Waals surface area contributed by atoms with Gasteiger partial charge in [0.2, 0.25) is 11.8 Å². The zero-order chi connectivity index (χ0) is 20.0. The van der Waals surface area contributed by atoms with Crippen LogP contribution in [0.1, 0.15) is 68.1 Å². The number of carbonyl (C=O) groups is 3. The number of nitrogens with one attached hydrogen (secondary N) is 3. The van der Waals surface area contributed by atoms with Gasteiger partial charge in [0, 0.05) is 23.6 Å². The molecular formula is C23H29N3O3. The number of rotatable bonds is 5. The Hall–Kier alpha value is -2.37. The summed E-state index contributed by atoms with van der Waals surface area (Å²) in [6, 6.07) is 6.74. The van der Waals surface area contributed by atoms with Crippen molar-refractivity contribution in [2.45, 2.75) is 57.8 Å². The van der Waals surface area contributed by atoms with E-state index in [-0.39, 0.29) is 29.1 Å². The number of anilines is 1. The average Bonchev–Trinajstić information content (AvgIpc) is 3.50. The van der Waals surface area contributed by atoms with Crippen molar-refractivity contribution >= 4 is 23.4 Å². The largest absolute Gasteiger partial charge is 0.326 e. The first-order valence-corrected chi connectivity index (χ1v) is 11.0. The van der Waals surface area contributed by atoms with Gasteiger partial charge in [0.05, 0.1) is 0 Å². The van der Waals surface area contributed by atoms with Crippen molar-refractivity contribution in [3.63, 3.8) is 0 Å². The zero-order valence-electron chi connectivity index (χ0n) is 16.7. The summed E-state index contributed by atoms with van der Waals surface area (Å²) in [5.41, 5.74) is 6.45. The molecule has 0 radical (unpaired) electrons. The van der Waals surface area contributed by atoms with Gasteiger partial charge < -0.3 is 5.32 Å². The van der Waals surface area contributed by atoms with Crippen LogP contribution in [-0.4, -0.2) is 17.7 Å². The van der Waals surface area contributed by atoms with Crippen LogP contribution in [0.15, 0.2) is 24.3 Å². The molecule has 6 rings (SSSR count). The van der Waals surface area contributed by atoms with Gasteiger partial charge in [0.1, 0.15) is 0 Å². The summed E-state index contributed by atoms with van der Waals surface area (Å²) in [6.45, 7) is 0. The first-order chi connectivity index (χ1) is 14.0. The second kappa shape index (κ2) is 7.15. The second-order valence-electron chi connectivity index (χ2n) is 9.94. The molecule has 6 nitrogen and oxygen atoms in total. The maximum absolute atomic E-state index is 12.5. The van der Waals surface area contributed by atoms with Gasteiger partial charge >= 0.3 is 0 Å². The van der Waals surface area contributed by atoms with Gasteiger partial charge in [-0.1, -0.05) is 0 Å². The fourth-order valence-electron chi connectivity index (χ4n) is 6.38. The Bertz CT molecular complexity index is 793. The van der Waals surface area contributed by atoms with Gasteiger partial charge in [-0.25, -0.2) is 0 Å². The number of benzene rings is 1. The predicted molar refractivity (Wildman–Crippen MR) is 109 cm³/mol. The van der Waals surface area contributed by atoms with Crippen molar-refractivity contribution < 1.29 is 14.4 Å². The van der Waals surface area contributed by atoms with E-state index < -0.39 is 0 Å². The summed E-state index contributed by atoms with van der Waals surface area (Å²) in [5.74, 6) is 2.17. The van der Waals surface area contributed by atoms with Gasteiger partial charge in [-0.15, -0.1) is 0 Å². The molecule has 0 heterocycles. The number of carbonyl (C=O) groups excluding carboxylic acids is 3. The predicted octanol–water partition coefficient (Wildman–Crippen LogP) is 3.40. The molecule has 0 unspecified atom stereocenters. The Morgan fingerprint density at radius 3 is 2.00 bits per heavy atom. The quantitative estimate of drug-likeness (QED) is 0.668. The molecule has 5 aliphatic carbocycles. The highest BCUT2D eigenvalue weighted by molar-refractivity contribution is 5.97. The monoisotopic (exact) mass is 395 g/mol. The normalized spacial score (nSPS) is 31.9. The minimum Gasteiger partial charge on any atom is -0.326 e. The van der Waals surface area contributed by atoms with E-state index >= 15 is 0 Å². The lowest BCUT2D eigenvalue weighted by Crippen LogP contribution is -2.50. The minimum absolute atomic E-state index is 0.0409. The summed E-state index contributed by atoms with van der Waals surface area (Å²) in [4.78, 5) is 36.7. The molecule has 154 valence electrons. The molecule has 0 saturated heterocycles. The average molecular weight is 396 g/mol. The van der Waals surface area contributed by atoms with Crippen molar-refractivity contribution in [2.24, 2.45) is 29.1 Å². The third-order valence-corrected chi connectivity index (χ3v) is 7.38. The molecule has 5 saturated carbocycles. The van der Waals surface area contributed by atoms with Crippen LogP contribution in [0.4, 0.5) is 5.69 Å². The summed E-state index contributed by atoms with van der Waals surface area (Å²) in [7, 11) is 0. The molecule has 29 heavy (non-hydrogen) atoms. The summed E-state index contributed by atoms with van der Waals surface area (Å²) >= 11 is 0. The van der Waals surface area contributed by atoms with Crippen LogP contribution in [0.5, 0.6) is 0 Å². The highest BCUT2D eigenvalue weighted by Crippen LogP contribution is 2.61. The SMILES string of the molecule is O=C(CC12CC3CC(CC(C3)C1)C2)NNC(=O)c1ccc(NC(=O)C2CC2)cc1. The molecule has 0 atom stereocenters. The van der Waals surface area contributed by atoms with Crippen molar-refractivity contribution in [1.29, 1.82) is 0 Å². The van der Waals surface area contributed by atoms with Crippen LogP contribution in [0.2, 0.25) is 0 Å². The number of hydrogen-bond donors (Lipinski definition) is 3. The van der Waals surface area contributed by atoms with Gasteiger partial charge in [-0.05, 0) is 98.8 Å². The van der Waals surface area contributed by atoms with Crippen molar-refractivity contribution in [3.05, 3.63) is 29.8 Å². The summed E-state index contributed by atoms with van der Waals surface area (Å²) in [5, 5.41) is 2.85. The van der Waals surface area contributed by atoms with E-state index in [4.69, 9.17) is 0 Å². The highest BCUT2D eigenvalue weighted by atomic mass is 16.2. The molecule has 1 aromatic carbocycles. The van der Waals surface area contributed by atoms with Crippen LogP contribution in [0, 0.1) is 29.1 Å². The maximum atomic E-state index is 12.5. The summed E-state index contributed by atoms with van der Waals surface area (Å²) < 4.78 is 0.